The fourth-order valence-electron chi connectivity index (χ4n) is 4.54. The molecule has 3 rings (SSSR count). The standard InChI is InChI=1S/C21H30O2/c1-20(2,3)17-10-8-15(9-11-17)16-6-4-7-18(14-16)21(19(22)23)12-5-13-21/h4,6-7,14-15,17H,5,8-13H2,1-3H3,(H,22,23). The number of benzene rings is 1. The topological polar surface area (TPSA) is 37.3 Å². The number of hydrogen-bond donors (Lipinski definition) is 1. The van der Waals surface area contributed by atoms with E-state index < -0.39 is 11.4 Å². The Labute approximate surface area is 140 Å². The van der Waals surface area contributed by atoms with Crippen LogP contribution in [0.25, 0.3) is 0 Å². The Kier molecular flexibility index (Phi) is 4.29. The minimum absolute atomic E-state index is 0.409. The van der Waals surface area contributed by atoms with Crippen molar-refractivity contribution in [3.63, 3.8) is 0 Å². The Bertz CT molecular complexity index is 570. The summed E-state index contributed by atoms with van der Waals surface area (Å²) in [4.78, 5) is 11.7. The maximum atomic E-state index is 11.7. The molecule has 0 unspecified atom stereocenters. The second-order valence-corrected chi connectivity index (χ2v) is 8.78. The van der Waals surface area contributed by atoms with Crippen LogP contribution in [0.5, 0.6) is 0 Å². The van der Waals surface area contributed by atoms with Crippen LogP contribution in [0.3, 0.4) is 0 Å². The monoisotopic (exact) mass is 314 g/mol. The number of carboxylic acid groups (broad SMARTS) is 1. The third-order valence-electron chi connectivity index (χ3n) is 6.48. The first-order valence-corrected chi connectivity index (χ1v) is 9.17. The zero-order valence-electron chi connectivity index (χ0n) is 14.8. The minimum Gasteiger partial charge on any atom is -0.481 e. The lowest BCUT2D eigenvalue weighted by atomic mass is 9.63. The first-order valence-electron chi connectivity index (χ1n) is 9.17. The molecule has 0 spiro atoms. The summed E-state index contributed by atoms with van der Waals surface area (Å²) in [7, 11) is 0. The van der Waals surface area contributed by atoms with Crippen molar-refractivity contribution in [1.82, 2.24) is 0 Å². The molecule has 0 saturated heterocycles. The van der Waals surface area contributed by atoms with E-state index in [-0.39, 0.29) is 0 Å². The smallest absolute Gasteiger partial charge is 0.314 e. The summed E-state index contributed by atoms with van der Waals surface area (Å²) >= 11 is 0. The molecule has 0 aliphatic heterocycles. The third-order valence-corrected chi connectivity index (χ3v) is 6.48. The van der Waals surface area contributed by atoms with E-state index in [2.05, 4.69) is 39.0 Å². The number of hydrogen-bond acceptors (Lipinski definition) is 1. The lowest BCUT2D eigenvalue weighted by molar-refractivity contribution is -0.147. The van der Waals surface area contributed by atoms with Crippen LogP contribution in [0, 0.1) is 11.3 Å². The van der Waals surface area contributed by atoms with Crippen LogP contribution < -0.4 is 0 Å². The first-order chi connectivity index (χ1) is 10.8. The predicted molar refractivity (Wildman–Crippen MR) is 93.8 cm³/mol. The highest BCUT2D eigenvalue weighted by Gasteiger charge is 2.46. The second-order valence-electron chi connectivity index (χ2n) is 8.78. The van der Waals surface area contributed by atoms with E-state index in [1.807, 2.05) is 6.07 Å². The summed E-state index contributed by atoms with van der Waals surface area (Å²) < 4.78 is 0. The molecule has 0 amide bonds. The quantitative estimate of drug-likeness (QED) is 0.798. The summed E-state index contributed by atoms with van der Waals surface area (Å²) in [5.41, 5.74) is 2.21. The summed E-state index contributed by atoms with van der Waals surface area (Å²) in [6, 6.07) is 8.51. The summed E-state index contributed by atoms with van der Waals surface area (Å²) in [5.74, 6) is 0.788. The van der Waals surface area contributed by atoms with Gasteiger partial charge in [-0.3, -0.25) is 4.79 Å². The van der Waals surface area contributed by atoms with Crippen molar-refractivity contribution in [3.8, 4) is 0 Å². The van der Waals surface area contributed by atoms with Crippen molar-refractivity contribution in [1.29, 1.82) is 0 Å². The maximum absolute atomic E-state index is 11.7. The number of carbonyl (C=O) groups is 1. The van der Waals surface area contributed by atoms with Gasteiger partial charge in [0.2, 0.25) is 0 Å². The summed E-state index contributed by atoms with van der Waals surface area (Å²) in [5, 5.41) is 9.66. The van der Waals surface area contributed by atoms with Gasteiger partial charge in [0, 0.05) is 0 Å². The molecule has 2 nitrogen and oxygen atoms in total. The van der Waals surface area contributed by atoms with E-state index in [1.54, 1.807) is 0 Å². The molecule has 1 N–H and O–H groups in total. The van der Waals surface area contributed by atoms with Crippen LogP contribution >= 0.6 is 0 Å². The largest absolute Gasteiger partial charge is 0.481 e. The van der Waals surface area contributed by atoms with Crippen molar-refractivity contribution < 1.29 is 9.90 Å². The fraction of sp³-hybridized carbons (Fsp3) is 0.667. The van der Waals surface area contributed by atoms with Gasteiger partial charge in [-0.15, -0.1) is 0 Å². The van der Waals surface area contributed by atoms with Gasteiger partial charge < -0.3 is 5.11 Å². The van der Waals surface area contributed by atoms with Gasteiger partial charge in [0.1, 0.15) is 0 Å². The van der Waals surface area contributed by atoms with Gasteiger partial charge in [0.25, 0.3) is 0 Å². The van der Waals surface area contributed by atoms with Gasteiger partial charge in [-0.2, -0.15) is 0 Å². The highest BCUT2D eigenvalue weighted by Crippen LogP contribution is 2.46. The molecule has 0 bridgehead atoms. The summed E-state index contributed by atoms with van der Waals surface area (Å²) in [6.07, 6.45) is 7.69. The Morgan fingerprint density at radius 1 is 1.13 bits per heavy atom. The molecule has 1 aromatic carbocycles. The zero-order valence-corrected chi connectivity index (χ0v) is 14.8. The third kappa shape index (κ3) is 3.05. The Balaban J connectivity index is 1.75. The second kappa shape index (κ2) is 5.96. The lowest BCUT2D eigenvalue weighted by Gasteiger charge is -2.39. The number of carboxylic acids is 1. The van der Waals surface area contributed by atoms with E-state index in [4.69, 9.17) is 0 Å². The normalized spacial score (nSPS) is 27.3. The van der Waals surface area contributed by atoms with Crippen LogP contribution in [0.4, 0.5) is 0 Å². The average Bonchev–Trinajstić information content (AvgIpc) is 2.45. The van der Waals surface area contributed by atoms with Gasteiger partial charge in [0.15, 0.2) is 0 Å². The van der Waals surface area contributed by atoms with Crippen molar-refractivity contribution in [2.24, 2.45) is 11.3 Å². The molecule has 0 aromatic heterocycles. The number of rotatable bonds is 3. The van der Waals surface area contributed by atoms with Crippen molar-refractivity contribution >= 4 is 5.97 Å². The predicted octanol–water partition coefficient (Wildman–Crippen LogP) is 5.51. The maximum Gasteiger partial charge on any atom is 0.314 e. The Morgan fingerprint density at radius 3 is 2.26 bits per heavy atom. The molecule has 2 aliphatic carbocycles. The zero-order chi connectivity index (χ0) is 16.7. The van der Waals surface area contributed by atoms with Gasteiger partial charge in [0.05, 0.1) is 5.41 Å². The highest BCUT2D eigenvalue weighted by molar-refractivity contribution is 5.82. The van der Waals surface area contributed by atoms with Gasteiger partial charge >= 0.3 is 5.97 Å². The van der Waals surface area contributed by atoms with Crippen LogP contribution in [0.1, 0.15) is 82.8 Å². The minimum atomic E-state index is -0.641. The molecule has 2 saturated carbocycles. The van der Waals surface area contributed by atoms with Crippen molar-refractivity contribution in [2.75, 3.05) is 0 Å². The van der Waals surface area contributed by atoms with E-state index in [1.165, 1.54) is 31.2 Å². The average molecular weight is 314 g/mol. The van der Waals surface area contributed by atoms with Crippen LogP contribution in [0.2, 0.25) is 0 Å². The molecule has 2 fully saturated rings. The molecule has 2 aliphatic rings. The molecule has 126 valence electrons. The van der Waals surface area contributed by atoms with Crippen LogP contribution in [-0.2, 0) is 10.2 Å². The molecular formula is C21H30O2. The van der Waals surface area contributed by atoms with E-state index in [0.29, 0.717) is 11.3 Å². The summed E-state index contributed by atoms with van der Waals surface area (Å²) in [6.45, 7) is 7.06. The highest BCUT2D eigenvalue weighted by atomic mass is 16.4. The molecule has 0 radical (unpaired) electrons. The van der Waals surface area contributed by atoms with Gasteiger partial charge in [-0.05, 0) is 66.9 Å². The van der Waals surface area contributed by atoms with Crippen molar-refractivity contribution in [3.05, 3.63) is 35.4 Å². The van der Waals surface area contributed by atoms with E-state index in [9.17, 15) is 9.90 Å². The van der Waals surface area contributed by atoms with E-state index in [0.717, 1.165) is 30.7 Å². The number of aliphatic carboxylic acids is 1. The first kappa shape index (κ1) is 16.5. The van der Waals surface area contributed by atoms with Gasteiger partial charge in [-0.25, -0.2) is 0 Å². The van der Waals surface area contributed by atoms with Crippen LogP contribution in [0.15, 0.2) is 24.3 Å². The van der Waals surface area contributed by atoms with E-state index >= 15 is 0 Å². The molecule has 0 atom stereocenters. The molecular weight excluding hydrogens is 284 g/mol. The van der Waals surface area contributed by atoms with Crippen molar-refractivity contribution in [2.45, 2.75) is 77.0 Å². The molecule has 23 heavy (non-hydrogen) atoms. The SMILES string of the molecule is CC(C)(C)C1CCC(c2cccc(C3(C(=O)O)CCC3)c2)CC1. The molecule has 2 heteroatoms. The lowest BCUT2D eigenvalue weighted by Crippen LogP contribution is -2.42. The Morgan fingerprint density at radius 2 is 1.78 bits per heavy atom. The fourth-order valence-corrected chi connectivity index (χ4v) is 4.54. The van der Waals surface area contributed by atoms with Crippen LogP contribution in [-0.4, -0.2) is 11.1 Å². The molecule has 1 aromatic rings. The van der Waals surface area contributed by atoms with Gasteiger partial charge in [-0.1, -0.05) is 51.5 Å². The molecule has 0 heterocycles. The Hall–Kier alpha value is -1.31.